The molecule has 0 atom stereocenters. The van der Waals surface area contributed by atoms with Gasteiger partial charge in [-0.3, -0.25) is 10.1 Å². The molecule has 3 N–H and O–H groups in total. The first-order valence-corrected chi connectivity index (χ1v) is 6.21. The SMILES string of the molecule is Cc1cc(Br)ccc1Nc1ccc([N+](=O)[O-])c(N)n1. The molecule has 0 unspecified atom stereocenters. The van der Waals surface area contributed by atoms with E-state index in [1.54, 1.807) is 0 Å². The third-order valence-electron chi connectivity index (χ3n) is 2.55. The fraction of sp³-hybridized carbons (Fsp3) is 0.0833. The summed E-state index contributed by atoms with van der Waals surface area (Å²) in [5, 5.41) is 13.7. The lowest BCUT2D eigenvalue weighted by molar-refractivity contribution is -0.384. The quantitative estimate of drug-likeness (QED) is 0.667. The molecule has 2 rings (SSSR count). The normalized spacial score (nSPS) is 10.2. The largest absolute Gasteiger partial charge is 0.378 e. The number of nitrogen functional groups attached to an aromatic ring is 1. The molecule has 0 spiro atoms. The van der Waals surface area contributed by atoms with Crippen molar-refractivity contribution in [3.05, 3.63) is 50.5 Å². The summed E-state index contributed by atoms with van der Waals surface area (Å²) < 4.78 is 0.978. The molecule has 19 heavy (non-hydrogen) atoms. The van der Waals surface area contributed by atoms with Crippen LogP contribution in [0.15, 0.2) is 34.8 Å². The van der Waals surface area contributed by atoms with Crippen LogP contribution < -0.4 is 11.1 Å². The van der Waals surface area contributed by atoms with E-state index in [0.717, 1.165) is 15.7 Å². The van der Waals surface area contributed by atoms with Crippen LogP contribution in [-0.2, 0) is 0 Å². The minimum atomic E-state index is -0.559. The van der Waals surface area contributed by atoms with Crippen molar-refractivity contribution in [2.24, 2.45) is 0 Å². The average Bonchev–Trinajstić information content (AvgIpc) is 2.32. The lowest BCUT2D eigenvalue weighted by Gasteiger charge is -2.09. The predicted molar refractivity (Wildman–Crippen MR) is 77.5 cm³/mol. The van der Waals surface area contributed by atoms with Crippen LogP contribution in [0.3, 0.4) is 0 Å². The predicted octanol–water partition coefficient (Wildman–Crippen LogP) is 3.39. The zero-order chi connectivity index (χ0) is 14.0. The standard InChI is InChI=1S/C12H11BrN4O2/c1-7-6-8(13)2-3-9(7)15-11-5-4-10(17(18)19)12(14)16-11/h2-6H,1H3,(H3,14,15,16). The van der Waals surface area contributed by atoms with Crippen molar-refractivity contribution < 1.29 is 4.92 Å². The molecule has 0 radical (unpaired) electrons. The van der Waals surface area contributed by atoms with Crippen LogP contribution >= 0.6 is 15.9 Å². The molecule has 0 aliphatic carbocycles. The molecule has 0 saturated heterocycles. The van der Waals surface area contributed by atoms with Crippen molar-refractivity contribution in [3.63, 3.8) is 0 Å². The zero-order valence-corrected chi connectivity index (χ0v) is 11.6. The number of benzene rings is 1. The Morgan fingerprint density at radius 1 is 1.37 bits per heavy atom. The lowest BCUT2D eigenvalue weighted by atomic mass is 10.2. The van der Waals surface area contributed by atoms with Crippen LogP contribution in [0.1, 0.15) is 5.56 Å². The van der Waals surface area contributed by atoms with Gasteiger partial charge in [-0.15, -0.1) is 0 Å². The van der Waals surface area contributed by atoms with Gasteiger partial charge in [0.1, 0.15) is 5.82 Å². The molecule has 0 bridgehead atoms. The summed E-state index contributed by atoms with van der Waals surface area (Å²) in [6, 6.07) is 8.59. The van der Waals surface area contributed by atoms with Crippen LogP contribution in [0.2, 0.25) is 0 Å². The molecule has 2 aromatic rings. The Morgan fingerprint density at radius 3 is 2.68 bits per heavy atom. The van der Waals surface area contributed by atoms with Gasteiger partial charge in [-0.2, -0.15) is 0 Å². The molecule has 7 heteroatoms. The summed E-state index contributed by atoms with van der Waals surface area (Å²) in [7, 11) is 0. The van der Waals surface area contributed by atoms with Crippen LogP contribution in [0.5, 0.6) is 0 Å². The van der Waals surface area contributed by atoms with Crippen LogP contribution in [-0.4, -0.2) is 9.91 Å². The second kappa shape index (κ2) is 5.23. The maximum absolute atomic E-state index is 10.6. The molecule has 0 aliphatic heterocycles. The highest BCUT2D eigenvalue weighted by atomic mass is 79.9. The second-order valence-corrected chi connectivity index (χ2v) is 4.86. The van der Waals surface area contributed by atoms with E-state index in [2.05, 4.69) is 26.2 Å². The highest BCUT2D eigenvalue weighted by molar-refractivity contribution is 9.10. The number of aromatic nitrogens is 1. The maximum Gasteiger partial charge on any atom is 0.311 e. The summed E-state index contributed by atoms with van der Waals surface area (Å²) in [6.45, 7) is 1.95. The van der Waals surface area contributed by atoms with Gasteiger partial charge in [0.2, 0.25) is 5.82 Å². The van der Waals surface area contributed by atoms with E-state index in [1.165, 1.54) is 12.1 Å². The number of pyridine rings is 1. The number of nitro groups is 1. The van der Waals surface area contributed by atoms with Crippen LogP contribution in [0.25, 0.3) is 0 Å². The minimum Gasteiger partial charge on any atom is -0.378 e. The Morgan fingerprint density at radius 2 is 2.11 bits per heavy atom. The molecule has 98 valence electrons. The summed E-state index contributed by atoms with van der Waals surface area (Å²) in [5.41, 5.74) is 7.23. The van der Waals surface area contributed by atoms with Crippen molar-refractivity contribution in [2.45, 2.75) is 6.92 Å². The van der Waals surface area contributed by atoms with Crippen molar-refractivity contribution in [1.82, 2.24) is 4.98 Å². The topological polar surface area (TPSA) is 94.1 Å². The van der Waals surface area contributed by atoms with E-state index in [9.17, 15) is 10.1 Å². The Kier molecular flexibility index (Phi) is 3.66. The number of nitrogens with zero attached hydrogens (tertiary/aromatic N) is 2. The molecule has 0 fully saturated rings. The molecular formula is C12H11BrN4O2. The number of nitrogens with one attached hydrogen (secondary N) is 1. The van der Waals surface area contributed by atoms with Crippen LogP contribution in [0, 0.1) is 17.0 Å². The second-order valence-electron chi connectivity index (χ2n) is 3.94. The molecule has 1 heterocycles. The monoisotopic (exact) mass is 322 g/mol. The van der Waals surface area contributed by atoms with Crippen molar-refractivity contribution in [2.75, 3.05) is 11.1 Å². The zero-order valence-electron chi connectivity index (χ0n) is 10.1. The minimum absolute atomic E-state index is 0.107. The maximum atomic E-state index is 10.6. The van der Waals surface area contributed by atoms with Gasteiger partial charge in [-0.05, 0) is 36.8 Å². The van der Waals surface area contributed by atoms with E-state index in [4.69, 9.17) is 5.73 Å². The van der Waals surface area contributed by atoms with Gasteiger partial charge < -0.3 is 11.1 Å². The number of aryl methyl sites for hydroxylation is 1. The van der Waals surface area contributed by atoms with Gasteiger partial charge in [-0.1, -0.05) is 15.9 Å². The Hall–Kier alpha value is -2.15. The highest BCUT2D eigenvalue weighted by Gasteiger charge is 2.13. The fourth-order valence-electron chi connectivity index (χ4n) is 1.60. The smallest absolute Gasteiger partial charge is 0.311 e. The number of hydrogen-bond donors (Lipinski definition) is 2. The Labute approximate surface area is 117 Å². The van der Waals surface area contributed by atoms with Crippen molar-refractivity contribution in [1.29, 1.82) is 0 Å². The highest BCUT2D eigenvalue weighted by Crippen LogP contribution is 2.26. The molecular weight excluding hydrogens is 312 g/mol. The van der Waals surface area contributed by atoms with Gasteiger partial charge >= 0.3 is 5.69 Å². The average molecular weight is 323 g/mol. The van der Waals surface area contributed by atoms with Crippen molar-refractivity contribution >= 4 is 38.9 Å². The number of nitrogens with two attached hydrogens (primary N) is 1. The first-order chi connectivity index (χ1) is 8.97. The van der Waals surface area contributed by atoms with E-state index >= 15 is 0 Å². The van der Waals surface area contributed by atoms with E-state index in [0.29, 0.717) is 5.82 Å². The molecule has 1 aromatic carbocycles. The van der Waals surface area contributed by atoms with Gasteiger partial charge in [-0.25, -0.2) is 4.98 Å². The number of anilines is 3. The van der Waals surface area contributed by atoms with Crippen molar-refractivity contribution in [3.8, 4) is 0 Å². The third-order valence-corrected chi connectivity index (χ3v) is 3.04. The summed E-state index contributed by atoms with van der Waals surface area (Å²) in [5.74, 6) is 0.360. The molecule has 0 amide bonds. The number of hydrogen-bond acceptors (Lipinski definition) is 5. The van der Waals surface area contributed by atoms with Gasteiger partial charge in [0.15, 0.2) is 0 Å². The van der Waals surface area contributed by atoms with Gasteiger partial charge in [0.25, 0.3) is 0 Å². The summed E-state index contributed by atoms with van der Waals surface area (Å²) in [4.78, 5) is 14.1. The summed E-state index contributed by atoms with van der Waals surface area (Å²) >= 11 is 3.38. The molecule has 0 saturated carbocycles. The van der Waals surface area contributed by atoms with Gasteiger partial charge in [0.05, 0.1) is 4.92 Å². The Balaban J connectivity index is 2.29. The van der Waals surface area contributed by atoms with Gasteiger partial charge in [0, 0.05) is 16.2 Å². The van der Waals surface area contributed by atoms with E-state index in [1.807, 2.05) is 25.1 Å². The van der Waals surface area contributed by atoms with E-state index in [-0.39, 0.29) is 11.5 Å². The van der Waals surface area contributed by atoms with Crippen LogP contribution in [0.4, 0.5) is 23.0 Å². The molecule has 0 aliphatic rings. The van der Waals surface area contributed by atoms with E-state index < -0.39 is 4.92 Å². The first kappa shape index (κ1) is 13.3. The number of halogens is 1. The lowest BCUT2D eigenvalue weighted by Crippen LogP contribution is -2.02. The fourth-order valence-corrected chi connectivity index (χ4v) is 2.07. The first-order valence-electron chi connectivity index (χ1n) is 5.41. The Bertz CT molecular complexity index is 646. The molecule has 6 nitrogen and oxygen atoms in total. The number of rotatable bonds is 3. The third kappa shape index (κ3) is 3.00. The summed E-state index contributed by atoms with van der Waals surface area (Å²) in [6.07, 6.45) is 0. The molecule has 1 aromatic heterocycles.